The van der Waals surface area contributed by atoms with E-state index in [-0.39, 0.29) is 25.8 Å². The highest BCUT2D eigenvalue weighted by atomic mass is 32.2. The van der Waals surface area contributed by atoms with Gasteiger partial charge < -0.3 is 73.9 Å². The topological polar surface area (TPSA) is 443 Å². The average molecular weight is 1160 g/mol. The van der Waals surface area contributed by atoms with Crippen LogP contribution in [-0.2, 0) is 67.6 Å². The molecule has 9 amide bonds. The normalized spacial score (nSPS) is 23.2. The molecule has 1 saturated heterocycles. The lowest BCUT2D eigenvalue weighted by molar-refractivity contribution is -0.156. The van der Waals surface area contributed by atoms with Crippen molar-refractivity contribution in [3.63, 3.8) is 0 Å². The number of nitrogens with two attached hydrogens (primary N) is 2. The zero-order valence-corrected chi connectivity index (χ0v) is 48.1. The van der Waals surface area contributed by atoms with Gasteiger partial charge in [0.1, 0.15) is 72.2 Å². The van der Waals surface area contributed by atoms with Gasteiger partial charge in [0.25, 0.3) is 16.0 Å². The summed E-state index contributed by atoms with van der Waals surface area (Å²) in [6.07, 6.45) is 8.97. The van der Waals surface area contributed by atoms with Crippen LogP contribution in [0, 0.1) is 11.8 Å². The van der Waals surface area contributed by atoms with Crippen LogP contribution < -0.4 is 54.0 Å². The van der Waals surface area contributed by atoms with Crippen LogP contribution in [-0.4, -0.2) is 187 Å². The molecular weight excluding hydrogens is 1070 g/mol. The number of cyclic esters (lactones) is 1. The molecule has 29 heteroatoms. The molecule has 456 valence electrons. The number of hydrogen-bond donors (Lipinski definition) is 13. The van der Waals surface area contributed by atoms with Crippen molar-refractivity contribution in [1.82, 2.24) is 47.4 Å². The molecule has 1 heterocycles. The Morgan fingerprint density at radius 2 is 1.32 bits per heavy atom. The molecule has 28 nitrogen and oxygen atoms in total. The van der Waals surface area contributed by atoms with Gasteiger partial charge in [0, 0.05) is 20.0 Å². The number of nitrogens with one attached hydrogen (secondary N) is 8. The van der Waals surface area contributed by atoms with Crippen LogP contribution in [0.5, 0.6) is 0 Å². The Balaban J connectivity index is 3.64. The number of nitrogens with zero attached hydrogens (tertiary/aromatic N) is 1. The number of aliphatic hydroxyl groups excluding tert-OH is 2. The SMILES string of the molecule is C/C=C1\NC(=O)C(CN)NC(=O)C(CO)NC(=O)C(NC(=O)C(CS(=O)(=O)O)NC(=O)CC(=O)CCCCCCCCC(C)CCCC)C(C)OC(=O)CN(C)C(=O)C(CCCCN)NC(=O)C(CO)NC(=O)C(C(C)C)NC1=O. The molecule has 0 aromatic rings. The number of likely N-dealkylation sites (N-methyl/N-ethyl adjacent to an activating group) is 1. The third kappa shape index (κ3) is 27.3. The van der Waals surface area contributed by atoms with Crippen molar-refractivity contribution in [3.05, 3.63) is 11.8 Å². The molecule has 1 aliphatic rings. The highest BCUT2D eigenvalue weighted by molar-refractivity contribution is 7.85. The highest BCUT2D eigenvalue weighted by Crippen LogP contribution is 2.18. The zero-order valence-electron chi connectivity index (χ0n) is 47.3. The van der Waals surface area contributed by atoms with E-state index in [0.717, 1.165) is 63.5 Å². The van der Waals surface area contributed by atoms with Crippen molar-refractivity contribution >= 4 is 75.0 Å². The first-order valence-electron chi connectivity index (χ1n) is 27.3. The van der Waals surface area contributed by atoms with Gasteiger partial charge in [0.2, 0.25) is 47.3 Å². The van der Waals surface area contributed by atoms with Crippen molar-refractivity contribution in [3.8, 4) is 0 Å². The first kappa shape index (κ1) is 71.9. The predicted octanol–water partition coefficient (Wildman–Crippen LogP) is -2.67. The number of carbonyl (C=O) groups is 11. The number of unbranched alkanes of at least 4 members (excludes halogenated alkanes) is 7. The van der Waals surface area contributed by atoms with Gasteiger partial charge in [0.05, 0.1) is 19.6 Å². The van der Waals surface area contributed by atoms with Crippen LogP contribution >= 0.6 is 0 Å². The third-order valence-corrected chi connectivity index (χ3v) is 13.8. The van der Waals surface area contributed by atoms with E-state index in [1.165, 1.54) is 33.6 Å². The van der Waals surface area contributed by atoms with Crippen molar-refractivity contribution in [1.29, 1.82) is 0 Å². The van der Waals surface area contributed by atoms with E-state index >= 15 is 0 Å². The standard InChI is InChI=1S/C51H89N11O17S/c1-8-10-19-31(5)20-15-13-11-12-14-16-21-33(65)24-40(66)54-39(29-80(76,77)78)48(72)61-43-32(6)79-41(67)26-62(7)51(75)35(22-17-18-23-52)56-46(70)37(27-63)58-49(73)42(30(3)4)60-44(68)34(9-2)55-45(69)36(25-53)57-47(71)38(28-64)59-50(43)74/h9,30-32,35-39,42-43,63-64H,8,10-29,52-53H2,1-7H3,(H,54,66)(H,55,69)(H,56,70)(H,57,71)(H,58,73)(H,59,74)(H,60,68)(H,61,72)(H,76,77,78)/b34-9-. The Kier molecular flexibility index (Phi) is 33.9. The molecule has 0 radical (unpaired) electrons. The number of ether oxygens (including phenoxy) is 1. The first-order chi connectivity index (χ1) is 37.7. The molecule has 1 rings (SSSR count). The van der Waals surface area contributed by atoms with Gasteiger partial charge >= 0.3 is 5.97 Å². The lowest BCUT2D eigenvalue weighted by atomic mass is 9.97. The van der Waals surface area contributed by atoms with Crippen LogP contribution in [0.1, 0.15) is 138 Å². The zero-order chi connectivity index (χ0) is 60.7. The van der Waals surface area contributed by atoms with Gasteiger partial charge in [-0.1, -0.05) is 91.6 Å². The molecule has 0 aromatic heterocycles. The van der Waals surface area contributed by atoms with E-state index in [2.05, 4.69) is 56.4 Å². The molecular formula is C51H89N11O17S. The quantitative estimate of drug-likeness (QED) is 0.0131. The molecule has 15 N–H and O–H groups in total. The molecule has 0 spiro atoms. The summed E-state index contributed by atoms with van der Waals surface area (Å²) in [4.78, 5) is 150. The smallest absolute Gasteiger partial charge is 0.325 e. The number of allylic oxidation sites excluding steroid dienone is 1. The van der Waals surface area contributed by atoms with Crippen molar-refractivity contribution < 1.29 is 80.7 Å². The Bertz CT molecular complexity index is 2230. The number of carbonyl (C=O) groups excluding carboxylic acids is 11. The second-order valence-electron chi connectivity index (χ2n) is 20.4. The molecule has 1 fully saturated rings. The van der Waals surface area contributed by atoms with E-state index in [1.807, 2.05) is 0 Å². The number of hydrogen-bond acceptors (Lipinski definition) is 18. The Labute approximate surface area is 468 Å². The Hall–Kier alpha value is -6.14. The molecule has 0 aromatic carbocycles. The van der Waals surface area contributed by atoms with Crippen LogP contribution in [0.2, 0.25) is 0 Å². The molecule has 9 unspecified atom stereocenters. The number of amides is 9. The summed E-state index contributed by atoms with van der Waals surface area (Å²) in [6.45, 7) is 6.31. The minimum absolute atomic E-state index is 0.000940. The Morgan fingerprint density at radius 1 is 0.762 bits per heavy atom. The maximum Gasteiger partial charge on any atom is 0.325 e. The van der Waals surface area contributed by atoms with Crippen molar-refractivity contribution in [2.45, 2.75) is 186 Å². The summed E-state index contributed by atoms with van der Waals surface area (Å²) in [6, 6.07) is -12.6. The molecule has 0 aliphatic carbocycles. The minimum Gasteiger partial charge on any atom is -0.459 e. The Morgan fingerprint density at radius 3 is 1.88 bits per heavy atom. The number of Topliss-reactive ketones (excluding diaryl/α,β-unsaturated/α-hetero) is 1. The lowest BCUT2D eigenvalue weighted by Crippen LogP contribution is -2.63. The van der Waals surface area contributed by atoms with E-state index in [0.29, 0.717) is 25.2 Å². The lowest BCUT2D eigenvalue weighted by Gasteiger charge is -2.29. The first-order valence-corrected chi connectivity index (χ1v) is 28.9. The summed E-state index contributed by atoms with van der Waals surface area (Å²) >= 11 is 0. The molecule has 0 saturated carbocycles. The fourth-order valence-corrected chi connectivity index (χ4v) is 8.95. The number of rotatable bonds is 27. The van der Waals surface area contributed by atoms with Gasteiger partial charge in [-0.25, -0.2) is 0 Å². The molecule has 9 atom stereocenters. The largest absolute Gasteiger partial charge is 0.459 e. The van der Waals surface area contributed by atoms with Gasteiger partial charge in [-0.3, -0.25) is 57.3 Å². The van der Waals surface area contributed by atoms with Gasteiger partial charge in [0.15, 0.2) is 0 Å². The maximum absolute atomic E-state index is 14.1. The minimum atomic E-state index is -5.10. The highest BCUT2D eigenvalue weighted by Gasteiger charge is 2.38. The van der Waals surface area contributed by atoms with Gasteiger partial charge in [-0.2, -0.15) is 8.42 Å². The van der Waals surface area contributed by atoms with Crippen LogP contribution in [0.25, 0.3) is 0 Å². The second kappa shape index (κ2) is 37.7. The van der Waals surface area contributed by atoms with E-state index in [4.69, 9.17) is 16.2 Å². The van der Waals surface area contributed by atoms with E-state index in [1.54, 1.807) is 0 Å². The second-order valence-corrected chi connectivity index (χ2v) is 21.9. The fraction of sp³-hybridized carbons (Fsp3) is 0.745. The summed E-state index contributed by atoms with van der Waals surface area (Å²) in [5.41, 5.74) is 11.0. The third-order valence-electron chi connectivity index (χ3n) is 13.0. The maximum atomic E-state index is 14.1. The predicted molar refractivity (Wildman–Crippen MR) is 291 cm³/mol. The van der Waals surface area contributed by atoms with Gasteiger partial charge in [-0.15, -0.1) is 0 Å². The van der Waals surface area contributed by atoms with Crippen LogP contribution in [0.15, 0.2) is 11.8 Å². The molecule has 0 bridgehead atoms. The van der Waals surface area contributed by atoms with Crippen molar-refractivity contribution in [2.75, 3.05) is 45.6 Å². The summed E-state index contributed by atoms with van der Waals surface area (Å²) in [5.74, 6) is -13.6. The fourth-order valence-electron chi connectivity index (χ4n) is 8.30. The average Bonchev–Trinajstić information content (AvgIpc) is 3.38. The van der Waals surface area contributed by atoms with Crippen LogP contribution in [0.4, 0.5) is 0 Å². The van der Waals surface area contributed by atoms with E-state index in [9.17, 15) is 75.9 Å². The monoisotopic (exact) mass is 1160 g/mol. The van der Waals surface area contributed by atoms with Gasteiger partial charge in [-0.05, 0) is 57.9 Å². The molecule has 80 heavy (non-hydrogen) atoms. The number of ketones is 1. The number of aliphatic hydroxyl groups is 2. The number of esters is 1. The summed E-state index contributed by atoms with van der Waals surface area (Å²) in [7, 11) is -3.97. The summed E-state index contributed by atoms with van der Waals surface area (Å²) in [5, 5.41) is 38.5. The summed E-state index contributed by atoms with van der Waals surface area (Å²) < 4.78 is 39.6. The van der Waals surface area contributed by atoms with Crippen molar-refractivity contribution in [2.24, 2.45) is 23.3 Å². The molecule has 1 aliphatic heterocycles. The van der Waals surface area contributed by atoms with Crippen LogP contribution in [0.3, 0.4) is 0 Å². The van der Waals surface area contributed by atoms with E-state index < -0.39 is 174 Å².